The van der Waals surface area contributed by atoms with E-state index in [1.165, 1.54) is 87.3 Å². The lowest BCUT2D eigenvalue weighted by Gasteiger charge is -2.19. The predicted molar refractivity (Wildman–Crippen MR) is 320 cm³/mol. The Hall–Kier alpha value is -9.51. The number of alkyl halides is 9. The van der Waals surface area contributed by atoms with Gasteiger partial charge in [-0.05, 0) is 97.3 Å². The Morgan fingerprint density at radius 3 is 1.02 bits per heavy atom. The Labute approximate surface area is 526 Å². The van der Waals surface area contributed by atoms with Crippen molar-refractivity contribution < 1.29 is 80.7 Å². The minimum Gasteiger partial charge on any atom is -0.484 e. The summed E-state index contributed by atoms with van der Waals surface area (Å²) in [4.78, 5) is 49.3. The number of benzene rings is 6. The molecule has 15 nitrogen and oxygen atoms in total. The Morgan fingerprint density at radius 2 is 0.791 bits per heavy atom. The van der Waals surface area contributed by atoms with Gasteiger partial charge < -0.3 is 28.7 Å². The van der Waals surface area contributed by atoms with Crippen molar-refractivity contribution in [2.75, 3.05) is 38.6 Å². The van der Waals surface area contributed by atoms with Gasteiger partial charge in [0.1, 0.15) is 17.2 Å². The van der Waals surface area contributed by atoms with Crippen LogP contribution in [0.2, 0.25) is 0 Å². The van der Waals surface area contributed by atoms with Crippen LogP contribution in [-0.2, 0) is 39.2 Å². The van der Waals surface area contributed by atoms with Gasteiger partial charge in [0.2, 0.25) is 0 Å². The molecule has 6 rings (SSSR count). The second-order valence-electron chi connectivity index (χ2n) is 20.5. The van der Waals surface area contributed by atoms with Gasteiger partial charge in [0, 0.05) is 70.6 Å². The quantitative estimate of drug-likeness (QED) is 0.0284. The number of nitriles is 3. The second kappa shape index (κ2) is 31.8. The molecule has 476 valence electrons. The number of Topliss-reactive ketones (excluding diaryl/α,β-unsaturated/α-hetero) is 3. The fourth-order valence-electron chi connectivity index (χ4n) is 7.75. The molecule has 6 aromatic rings. The van der Waals surface area contributed by atoms with Crippen LogP contribution in [0.1, 0.15) is 112 Å². The van der Waals surface area contributed by atoms with Crippen molar-refractivity contribution in [2.45, 2.75) is 97.3 Å². The van der Waals surface area contributed by atoms with Gasteiger partial charge in [-0.25, -0.2) is 28.1 Å². The minimum absolute atomic E-state index is 0. The first-order valence-electron chi connectivity index (χ1n) is 25.8. The summed E-state index contributed by atoms with van der Waals surface area (Å²) >= 11 is 1.52. The van der Waals surface area contributed by atoms with Gasteiger partial charge in [0.15, 0.2) is 47.0 Å². The van der Waals surface area contributed by atoms with Crippen LogP contribution in [0.3, 0.4) is 0 Å². The molecule has 91 heavy (non-hydrogen) atoms. The van der Waals surface area contributed by atoms with E-state index in [0.717, 1.165) is 65.7 Å². The number of halogens is 9. The maximum atomic E-state index is 13.2. The molecule has 0 N–H and O–H groups in total. The second-order valence-corrected chi connectivity index (χ2v) is 24.7. The molecule has 0 aliphatic heterocycles. The third-order valence-corrected chi connectivity index (χ3v) is 15.6. The topological polar surface area (TPSA) is 215 Å². The van der Waals surface area contributed by atoms with Gasteiger partial charge in [-0.15, -0.1) is 11.8 Å². The third kappa shape index (κ3) is 22.2. The van der Waals surface area contributed by atoms with Gasteiger partial charge in [-0.1, -0.05) is 43.8 Å². The standard InChI is InChI=1S/C21H17F3N2O4S.C21H17F3N2O3S.C21H17F3N2O2S.CH4/c1-20(26-2,11-18(27)15-5-7-16(8-6-15)31(3,28)29)13-30-19-10-14(12-25)4-9-17(19)21(22,23)24;1-20(26-2,11-18(27)15-5-7-16(8-6-15)30(3)28)13-29-19-10-14(12-25)4-9-17(19)21(22,23)24;1-20(26-2,11-18(27)15-5-7-16(29-3)8-6-15)13-28-19-10-14(12-25)4-9-17(19)21(22,23)24;/h4-10H,11,13H2,1,3H3;4-10H,11,13H2,1,3H3;4-10H,11,13H2,1,3H3;1H4. The highest BCUT2D eigenvalue weighted by Gasteiger charge is 2.42. The van der Waals surface area contributed by atoms with Crippen LogP contribution in [-0.4, -0.2) is 85.2 Å². The van der Waals surface area contributed by atoms with E-state index in [4.69, 9.17) is 49.7 Å². The minimum atomic E-state index is -4.73. The van der Waals surface area contributed by atoms with Crippen LogP contribution in [0.5, 0.6) is 17.2 Å². The van der Waals surface area contributed by atoms with E-state index < -0.39 is 121 Å². The largest absolute Gasteiger partial charge is 0.484 e. The summed E-state index contributed by atoms with van der Waals surface area (Å²) in [6, 6.07) is 31.5. The van der Waals surface area contributed by atoms with Crippen molar-refractivity contribution in [2.24, 2.45) is 0 Å². The average Bonchev–Trinajstić information content (AvgIpc) is 0.934. The molecule has 0 aromatic heterocycles. The first kappa shape index (κ1) is 75.7. The number of ketones is 3. The monoisotopic (exact) mass is 1320 g/mol. The molecule has 0 heterocycles. The van der Waals surface area contributed by atoms with Gasteiger partial charge in [-0.2, -0.15) is 55.3 Å². The molecule has 6 aromatic carbocycles. The molecule has 0 aliphatic carbocycles. The van der Waals surface area contributed by atoms with Crippen LogP contribution in [0.25, 0.3) is 14.5 Å². The molecular weight excluding hydrogens is 1260 g/mol. The maximum absolute atomic E-state index is 13.2. The molecule has 0 saturated carbocycles. The van der Waals surface area contributed by atoms with Crippen molar-refractivity contribution in [3.8, 4) is 35.5 Å². The summed E-state index contributed by atoms with van der Waals surface area (Å²) in [5, 5.41) is 26.8. The molecule has 0 aliphatic rings. The summed E-state index contributed by atoms with van der Waals surface area (Å²) in [5.41, 5.74) is -6.67. The summed E-state index contributed by atoms with van der Waals surface area (Å²) in [7, 11) is -4.64. The van der Waals surface area contributed by atoms with Crippen molar-refractivity contribution in [1.82, 2.24) is 0 Å². The Morgan fingerprint density at radius 1 is 0.516 bits per heavy atom. The molecule has 4 unspecified atom stereocenters. The smallest absolute Gasteiger partial charge is 0.419 e. The highest BCUT2D eigenvalue weighted by molar-refractivity contribution is 7.98. The number of rotatable bonds is 21. The Bertz CT molecular complexity index is 4030. The van der Waals surface area contributed by atoms with E-state index in [1.807, 2.05) is 6.26 Å². The molecule has 0 spiro atoms. The summed E-state index contributed by atoms with van der Waals surface area (Å²) in [6.45, 7) is 25.0. The van der Waals surface area contributed by atoms with Crippen molar-refractivity contribution in [3.63, 3.8) is 0 Å². The first-order valence-corrected chi connectivity index (χ1v) is 30.4. The normalized spacial score (nSPS) is 13.4. The van der Waals surface area contributed by atoms with Gasteiger partial charge in [-0.3, -0.25) is 18.6 Å². The lowest BCUT2D eigenvalue weighted by molar-refractivity contribution is -0.139. The Kier molecular flexibility index (Phi) is 26.5. The molecular formula is C64H55F9N6O9S3. The summed E-state index contributed by atoms with van der Waals surface area (Å²) in [5.74, 6) is -2.91. The van der Waals surface area contributed by atoms with Crippen LogP contribution in [0, 0.1) is 53.7 Å². The molecule has 0 bridgehead atoms. The highest BCUT2D eigenvalue weighted by Crippen LogP contribution is 2.40. The average molecular weight is 1320 g/mol. The zero-order valence-corrected chi connectivity index (χ0v) is 50.8. The van der Waals surface area contributed by atoms with E-state index in [-0.39, 0.29) is 59.6 Å². The van der Waals surface area contributed by atoms with Crippen LogP contribution < -0.4 is 14.2 Å². The molecule has 0 radical (unpaired) electrons. The van der Waals surface area contributed by atoms with Gasteiger partial charge >= 0.3 is 18.5 Å². The van der Waals surface area contributed by atoms with E-state index in [2.05, 4.69) is 14.5 Å². The number of carbonyl (C=O) groups excluding carboxylic acids is 3. The van der Waals surface area contributed by atoms with Crippen LogP contribution >= 0.6 is 11.8 Å². The lowest BCUT2D eigenvalue weighted by atomic mass is 9.94. The molecule has 0 fully saturated rings. The summed E-state index contributed by atoms with van der Waals surface area (Å²) in [6.07, 6.45) is -10.5. The molecule has 0 amide bonds. The SMILES string of the molecule is C.[C-]#[N+]C(C)(COc1cc(C#N)ccc1C(F)(F)F)CC(=O)c1ccc(S(C)(=O)=O)cc1.[C-]#[N+]C(C)(COc1cc(C#N)ccc1C(F)(F)F)CC(=O)c1ccc(S(C)=O)cc1.[C-]#[N+]C(C)(COc1cc(C#N)ccc1C(F)(F)F)CC(=O)c1ccc(SC)cc1. The van der Waals surface area contributed by atoms with Crippen LogP contribution in [0.4, 0.5) is 39.5 Å². The number of hydrogen-bond donors (Lipinski definition) is 0. The number of ether oxygens (including phenoxy) is 3. The highest BCUT2D eigenvalue weighted by atomic mass is 32.2. The number of thioether (sulfide) groups is 1. The summed E-state index contributed by atoms with van der Waals surface area (Å²) < 4.78 is 169. The van der Waals surface area contributed by atoms with E-state index in [0.29, 0.717) is 16.0 Å². The van der Waals surface area contributed by atoms with Gasteiger partial charge in [0.05, 0.1) is 75.7 Å². The first-order chi connectivity index (χ1) is 41.9. The number of nitrogens with zero attached hydrogens (tertiary/aromatic N) is 6. The number of hydrogen-bond acceptors (Lipinski definition) is 13. The third-order valence-electron chi connectivity index (χ3n) is 12.8. The van der Waals surface area contributed by atoms with Crippen molar-refractivity contribution >= 4 is 49.7 Å². The fraction of sp³-hybridized carbons (Fsp3) is 0.297. The Balaban J connectivity index is 0.000000355. The molecule has 0 saturated heterocycles. The van der Waals surface area contributed by atoms with Crippen LogP contribution in [0.15, 0.2) is 142 Å². The number of sulfone groups is 1. The lowest BCUT2D eigenvalue weighted by Crippen LogP contribution is -2.32. The molecule has 4 atom stereocenters. The van der Waals surface area contributed by atoms with E-state index in [9.17, 15) is 66.5 Å². The van der Waals surface area contributed by atoms with Gasteiger partial charge in [0.25, 0.3) is 16.6 Å². The zero-order chi connectivity index (χ0) is 67.6. The zero-order valence-electron chi connectivity index (χ0n) is 48.4. The molecule has 27 heteroatoms. The predicted octanol–water partition coefficient (Wildman–Crippen LogP) is 15.2. The van der Waals surface area contributed by atoms with E-state index in [1.54, 1.807) is 42.5 Å². The number of carbonyl (C=O) groups is 3. The fourth-order valence-corrected chi connectivity index (χ4v) is 9.30. The maximum Gasteiger partial charge on any atom is 0.419 e. The van der Waals surface area contributed by atoms with E-state index >= 15 is 0 Å². The van der Waals surface area contributed by atoms with Crippen molar-refractivity contribution in [3.05, 3.63) is 212 Å². The van der Waals surface area contributed by atoms with Crippen molar-refractivity contribution in [1.29, 1.82) is 15.8 Å².